The van der Waals surface area contributed by atoms with Crippen LogP contribution in [0.5, 0.6) is 0 Å². The minimum absolute atomic E-state index is 0.104. The monoisotopic (exact) mass is 313 g/mol. The van der Waals surface area contributed by atoms with Crippen LogP contribution in [0.1, 0.15) is 39.2 Å². The molecule has 0 radical (unpaired) electrons. The highest BCUT2D eigenvalue weighted by atomic mass is 32.2. The maximum absolute atomic E-state index is 11.9. The first-order chi connectivity index (χ1) is 10.0. The first kappa shape index (κ1) is 15.7. The molecule has 116 valence electrons. The van der Waals surface area contributed by atoms with Gasteiger partial charge in [-0.3, -0.25) is 4.79 Å². The minimum Gasteiger partial charge on any atom is -0.480 e. The van der Waals surface area contributed by atoms with E-state index in [1.54, 1.807) is 11.6 Å². The lowest BCUT2D eigenvalue weighted by atomic mass is 9.99. The van der Waals surface area contributed by atoms with E-state index in [1.165, 1.54) is 11.8 Å². The molecule has 1 fully saturated rings. The van der Waals surface area contributed by atoms with Crippen molar-refractivity contribution in [3.63, 3.8) is 0 Å². The van der Waals surface area contributed by atoms with Crippen LogP contribution in [0.15, 0.2) is 5.16 Å². The highest BCUT2D eigenvalue weighted by molar-refractivity contribution is 7.99. The number of carbonyl (C=O) groups excluding carboxylic acids is 1. The van der Waals surface area contributed by atoms with Gasteiger partial charge in [-0.2, -0.15) is 0 Å². The van der Waals surface area contributed by atoms with Crippen molar-refractivity contribution >= 4 is 23.6 Å². The third kappa shape index (κ3) is 4.16. The summed E-state index contributed by atoms with van der Waals surface area (Å²) in [4.78, 5) is 23.1. The van der Waals surface area contributed by atoms with Crippen molar-refractivity contribution in [2.75, 3.05) is 5.75 Å². The predicted octanol–water partition coefficient (Wildman–Crippen LogP) is 0.716. The number of aromatic nitrogens is 4. The molecule has 1 amide bonds. The molecule has 0 saturated heterocycles. The molecule has 1 aliphatic rings. The quantitative estimate of drug-likeness (QED) is 0.680. The van der Waals surface area contributed by atoms with Crippen LogP contribution in [0.25, 0.3) is 0 Å². The van der Waals surface area contributed by atoms with Crippen molar-refractivity contribution in [3.05, 3.63) is 0 Å². The van der Waals surface area contributed by atoms with Crippen molar-refractivity contribution in [1.82, 2.24) is 25.5 Å². The fourth-order valence-electron chi connectivity index (χ4n) is 1.86. The molecule has 21 heavy (non-hydrogen) atoms. The van der Waals surface area contributed by atoms with Crippen LogP contribution in [-0.4, -0.2) is 49.0 Å². The van der Waals surface area contributed by atoms with Crippen LogP contribution in [0.3, 0.4) is 0 Å². The van der Waals surface area contributed by atoms with Gasteiger partial charge >= 0.3 is 5.97 Å². The van der Waals surface area contributed by atoms with Gasteiger partial charge in [-0.05, 0) is 29.2 Å². The molecule has 1 aromatic heterocycles. The first-order valence-electron chi connectivity index (χ1n) is 6.95. The Bertz CT molecular complexity index is 517. The Balaban J connectivity index is 1.86. The molecule has 0 bridgehead atoms. The summed E-state index contributed by atoms with van der Waals surface area (Å²) in [5.41, 5.74) is 0. The lowest BCUT2D eigenvalue weighted by Gasteiger charge is -2.19. The second kappa shape index (κ2) is 6.88. The molecule has 1 aliphatic carbocycles. The summed E-state index contributed by atoms with van der Waals surface area (Å²) in [5.74, 6) is -1.34. The van der Waals surface area contributed by atoms with E-state index in [2.05, 4.69) is 20.8 Å². The van der Waals surface area contributed by atoms with Gasteiger partial charge in [0, 0.05) is 0 Å². The van der Waals surface area contributed by atoms with Gasteiger partial charge in [0.2, 0.25) is 11.1 Å². The highest BCUT2D eigenvalue weighted by Crippen LogP contribution is 2.36. The summed E-state index contributed by atoms with van der Waals surface area (Å²) in [6.07, 6.45) is 2.80. The Labute approximate surface area is 126 Å². The Morgan fingerprint density at radius 1 is 1.52 bits per heavy atom. The van der Waals surface area contributed by atoms with Crippen LogP contribution in [0.2, 0.25) is 0 Å². The SMILES string of the molecule is CC[C@H](C)[C@H](NC(=O)CSc1nnnn1C1CC1)C(=O)O. The van der Waals surface area contributed by atoms with Crippen molar-refractivity contribution in [2.24, 2.45) is 5.92 Å². The maximum atomic E-state index is 11.9. The fraction of sp³-hybridized carbons (Fsp3) is 0.750. The molecule has 1 aromatic rings. The Hall–Kier alpha value is -1.64. The molecule has 2 atom stereocenters. The lowest BCUT2D eigenvalue weighted by Crippen LogP contribution is -2.45. The van der Waals surface area contributed by atoms with E-state index in [1.807, 2.05) is 6.92 Å². The van der Waals surface area contributed by atoms with Crippen molar-refractivity contribution in [2.45, 2.75) is 50.4 Å². The van der Waals surface area contributed by atoms with Crippen LogP contribution >= 0.6 is 11.8 Å². The van der Waals surface area contributed by atoms with E-state index in [0.717, 1.165) is 12.8 Å². The van der Waals surface area contributed by atoms with Gasteiger partial charge in [-0.15, -0.1) is 5.10 Å². The van der Waals surface area contributed by atoms with Gasteiger partial charge in [0.1, 0.15) is 6.04 Å². The third-order valence-electron chi connectivity index (χ3n) is 3.48. The number of carboxylic acids is 1. The largest absolute Gasteiger partial charge is 0.480 e. The minimum atomic E-state index is -1.01. The second-order valence-electron chi connectivity index (χ2n) is 5.19. The Kier molecular flexibility index (Phi) is 5.16. The zero-order valence-electron chi connectivity index (χ0n) is 12.0. The zero-order chi connectivity index (χ0) is 15.4. The van der Waals surface area contributed by atoms with Crippen molar-refractivity contribution < 1.29 is 14.7 Å². The lowest BCUT2D eigenvalue weighted by molar-refractivity contribution is -0.143. The number of tetrazole rings is 1. The molecular weight excluding hydrogens is 294 g/mol. The first-order valence-corrected chi connectivity index (χ1v) is 7.94. The number of rotatable bonds is 8. The molecule has 0 unspecified atom stereocenters. The molecule has 2 rings (SSSR count). The average molecular weight is 313 g/mol. The fourth-order valence-corrected chi connectivity index (χ4v) is 2.61. The number of hydrogen-bond donors (Lipinski definition) is 2. The Morgan fingerprint density at radius 2 is 2.24 bits per heavy atom. The second-order valence-corrected chi connectivity index (χ2v) is 6.14. The summed E-state index contributed by atoms with van der Waals surface area (Å²) >= 11 is 1.23. The van der Waals surface area contributed by atoms with Gasteiger partial charge in [0.15, 0.2) is 0 Å². The number of hydrogen-bond acceptors (Lipinski definition) is 6. The average Bonchev–Trinajstić information content (AvgIpc) is 3.20. The van der Waals surface area contributed by atoms with Gasteiger partial charge in [0.25, 0.3) is 0 Å². The predicted molar refractivity (Wildman–Crippen MR) is 75.8 cm³/mol. The van der Waals surface area contributed by atoms with E-state index in [0.29, 0.717) is 17.6 Å². The van der Waals surface area contributed by atoms with Crippen LogP contribution in [0.4, 0.5) is 0 Å². The Morgan fingerprint density at radius 3 is 2.81 bits per heavy atom. The molecule has 0 aromatic carbocycles. The smallest absolute Gasteiger partial charge is 0.326 e. The zero-order valence-corrected chi connectivity index (χ0v) is 12.8. The van der Waals surface area contributed by atoms with E-state index in [-0.39, 0.29) is 17.6 Å². The number of aliphatic carboxylic acids is 1. The molecule has 9 heteroatoms. The third-order valence-corrected chi connectivity index (χ3v) is 4.42. The molecular formula is C12H19N5O3S. The van der Waals surface area contributed by atoms with Crippen molar-refractivity contribution in [3.8, 4) is 0 Å². The maximum Gasteiger partial charge on any atom is 0.326 e. The number of amides is 1. The number of carbonyl (C=O) groups is 2. The molecule has 0 spiro atoms. The van der Waals surface area contributed by atoms with Crippen LogP contribution < -0.4 is 5.32 Å². The van der Waals surface area contributed by atoms with Gasteiger partial charge in [-0.25, -0.2) is 9.48 Å². The van der Waals surface area contributed by atoms with E-state index >= 15 is 0 Å². The van der Waals surface area contributed by atoms with Crippen LogP contribution in [-0.2, 0) is 9.59 Å². The molecule has 2 N–H and O–H groups in total. The van der Waals surface area contributed by atoms with E-state index in [4.69, 9.17) is 5.11 Å². The number of nitrogens with zero attached hydrogens (tertiary/aromatic N) is 4. The van der Waals surface area contributed by atoms with Crippen LogP contribution in [0, 0.1) is 5.92 Å². The summed E-state index contributed by atoms with van der Waals surface area (Å²) in [6.45, 7) is 3.70. The van der Waals surface area contributed by atoms with Crippen molar-refractivity contribution in [1.29, 1.82) is 0 Å². The van der Waals surface area contributed by atoms with E-state index in [9.17, 15) is 9.59 Å². The topological polar surface area (TPSA) is 110 Å². The molecule has 1 heterocycles. The summed E-state index contributed by atoms with van der Waals surface area (Å²) in [7, 11) is 0. The van der Waals surface area contributed by atoms with Gasteiger partial charge in [-0.1, -0.05) is 32.0 Å². The number of thioether (sulfide) groups is 1. The number of nitrogens with one attached hydrogen (secondary N) is 1. The highest BCUT2D eigenvalue weighted by Gasteiger charge is 2.29. The summed E-state index contributed by atoms with van der Waals surface area (Å²) < 4.78 is 1.72. The molecule has 1 saturated carbocycles. The summed E-state index contributed by atoms with van der Waals surface area (Å²) in [5, 5.41) is 23.7. The van der Waals surface area contributed by atoms with Gasteiger partial charge < -0.3 is 10.4 Å². The molecule has 0 aliphatic heterocycles. The standard InChI is InChI=1S/C12H19N5O3S/c1-3-7(2)10(11(19)20)13-9(18)6-21-12-14-15-16-17(12)8-4-5-8/h7-8,10H,3-6H2,1-2H3,(H,13,18)(H,19,20)/t7-,10-/m0/s1. The normalized spacial score (nSPS) is 17.2. The van der Waals surface area contributed by atoms with Gasteiger partial charge in [0.05, 0.1) is 11.8 Å². The number of carboxylic acid groups (broad SMARTS) is 1. The summed E-state index contributed by atoms with van der Waals surface area (Å²) in [6, 6.07) is -0.514. The molecule has 8 nitrogen and oxygen atoms in total. The van der Waals surface area contributed by atoms with E-state index < -0.39 is 12.0 Å².